The summed E-state index contributed by atoms with van der Waals surface area (Å²) in [5.41, 5.74) is -1.16. The van der Waals surface area contributed by atoms with E-state index in [0.717, 1.165) is 28.8 Å². The number of nitrogens with zero attached hydrogens (tertiary/aromatic N) is 3. The van der Waals surface area contributed by atoms with E-state index in [1.54, 1.807) is 12.1 Å². The number of likely N-dealkylation sites (N-methyl/N-ethyl adjacent to an activating group) is 1. The number of alkyl halides is 3. The number of hydrogen-bond acceptors (Lipinski definition) is 7. The molecule has 0 bridgehead atoms. The van der Waals surface area contributed by atoms with Gasteiger partial charge in [0.2, 0.25) is 11.8 Å². The predicted molar refractivity (Wildman–Crippen MR) is 105 cm³/mol. The van der Waals surface area contributed by atoms with Gasteiger partial charge in [-0.2, -0.15) is 13.2 Å². The van der Waals surface area contributed by atoms with Crippen LogP contribution in [0.1, 0.15) is 5.56 Å². The second kappa shape index (κ2) is 9.43. The van der Waals surface area contributed by atoms with Gasteiger partial charge in [0.15, 0.2) is 5.76 Å². The summed E-state index contributed by atoms with van der Waals surface area (Å²) in [4.78, 5) is 25.4. The molecule has 2 heterocycles. The van der Waals surface area contributed by atoms with Crippen molar-refractivity contribution in [2.45, 2.75) is 11.4 Å². The van der Waals surface area contributed by atoms with Gasteiger partial charge in [0.05, 0.1) is 29.1 Å². The number of carbonyl (C=O) groups excluding carboxylic acids is 2. The Kier molecular flexibility index (Phi) is 6.91. The highest BCUT2D eigenvalue weighted by Crippen LogP contribution is 2.36. The zero-order valence-electron chi connectivity index (χ0n) is 15.8. The zero-order valence-corrected chi connectivity index (χ0v) is 17.3. The van der Waals surface area contributed by atoms with E-state index in [9.17, 15) is 22.8 Å². The van der Waals surface area contributed by atoms with Crippen molar-refractivity contribution in [3.63, 3.8) is 0 Å². The molecule has 0 spiro atoms. The summed E-state index contributed by atoms with van der Waals surface area (Å²) in [6.07, 6.45) is -3.21. The highest BCUT2D eigenvalue weighted by Gasteiger charge is 2.33. The average molecular weight is 475 g/mol. The fourth-order valence-electron chi connectivity index (χ4n) is 2.33. The highest BCUT2D eigenvalue weighted by atomic mass is 35.5. The van der Waals surface area contributed by atoms with E-state index >= 15 is 0 Å². The maximum Gasteiger partial charge on any atom is 0.417 e. The topological polar surface area (TPSA) is 101 Å². The number of furan rings is 1. The first-order chi connectivity index (χ1) is 14.6. The van der Waals surface area contributed by atoms with Crippen molar-refractivity contribution < 1.29 is 31.6 Å². The molecule has 31 heavy (non-hydrogen) atoms. The number of thioether (sulfide) groups is 1. The van der Waals surface area contributed by atoms with Crippen LogP contribution in [0.25, 0.3) is 11.7 Å². The van der Waals surface area contributed by atoms with Gasteiger partial charge in [-0.1, -0.05) is 23.4 Å². The van der Waals surface area contributed by atoms with E-state index in [-0.39, 0.29) is 29.1 Å². The van der Waals surface area contributed by atoms with Gasteiger partial charge in [-0.25, -0.2) is 0 Å². The molecule has 0 atom stereocenters. The summed E-state index contributed by atoms with van der Waals surface area (Å²) in [5.74, 6) is -0.647. The number of rotatable bonds is 7. The summed E-state index contributed by atoms with van der Waals surface area (Å²) < 4.78 is 49.2. The van der Waals surface area contributed by atoms with E-state index in [2.05, 4.69) is 15.5 Å². The van der Waals surface area contributed by atoms with Crippen LogP contribution >= 0.6 is 23.4 Å². The lowest BCUT2D eigenvalue weighted by molar-refractivity contribution is -0.137. The molecule has 0 fully saturated rings. The molecule has 1 N–H and O–H groups in total. The van der Waals surface area contributed by atoms with Crippen molar-refractivity contribution in [1.82, 2.24) is 15.1 Å². The Labute approximate surface area is 182 Å². The number of hydrogen-bond donors (Lipinski definition) is 1. The number of carbonyl (C=O) groups is 2. The van der Waals surface area contributed by atoms with Gasteiger partial charge < -0.3 is 19.1 Å². The fourth-order valence-corrected chi connectivity index (χ4v) is 3.25. The molecule has 0 aliphatic heterocycles. The van der Waals surface area contributed by atoms with Crippen LogP contribution in [0.5, 0.6) is 0 Å². The lowest BCUT2D eigenvalue weighted by Crippen LogP contribution is -2.36. The van der Waals surface area contributed by atoms with Gasteiger partial charge in [-0.3, -0.25) is 9.59 Å². The number of nitrogens with one attached hydrogen (secondary N) is 1. The molecule has 0 saturated heterocycles. The second-order valence-electron chi connectivity index (χ2n) is 6.13. The molecular formula is C18H14ClF3N4O4S. The Morgan fingerprint density at radius 2 is 2.03 bits per heavy atom. The van der Waals surface area contributed by atoms with Crippen LogP contribution in [0.3, 0.4) is 0 Å². The normalized spacial score (nSPS) is 11.4. The van der Waals surface area contributed by atoms with Crippen molar-refractivity contribution in [2.24, 2.45) is 0 Å². The minimum atomic E-state index is -4.66. The first kappa shape index (κ1) is 22.7. The number of amides is 2. The van der Waals surface area contributed by atoms with Crippen molar-refractivity contribution >= 4 is 40.9 Å². The first-order valence-electron chi connectivity index (χ1n) is 8.54. The van der Waals surface area contributed by atoms with E-state index < -0.39 is 28.6 Å². The summed E-state index contributed by atoms with van der Waals surface area (Å²) >= 11 is 6.52. The quantitative estimate of drug-likeness (QED) is 0.512. The van der Waals surface area contributed by atoms with Crippen molar-refractivity contribution in [3.8, 4) is 11.7 Å². The van der Waals surface area contributed by atoms with Gasteiger partial charge in [0, 0.05) is 12.7 Å². The molecule has 0 unspecified atom stereocenters. The maximum atomic E-state index is 12.9. The molecule has 164 valence electrons. The minimum Gasteiger partial charge on any atom is -0.459 e. The van der Waals surface area contributed by atoms with Crippen LogP contribution in [-0.4, -0.2) is 46.3 Å². The number of anilines is 1. The van der Waals surface area contributed by atoms with Crippen LogP contribution in [0.15, 0.2) is 50.7 Å². The molecular weight excluding hydrogens is 461 g/mol. The van der Waals surface area contributed by atoms with E-state index in [4.69, 9.17) is 20.4 Å². The number of benzene rings is 1. The summed E-state index contributed by atoms with van der Waals surface area (Å²) in [6, 6.07) is 6.29. The molecule has 0 aliphatic carbocycles. The van der Waals surface area contributed by atoms with Crippen molar-refractivity contribution in [2.75, 3.05) is 24.7 Å². The van der Waals surface area contributed by atoms with Gasteiger partial charge in [-0.15, -0.1) is 10.2 Å². The Balaban J connectivity index is 1.51. The van der Waals surface area contributed by atoms with Gasteiger partial charge in [-0.05, 0) is 30.3 Å². The molecule has 3 aromatic rings. The van der Waals surface area contributed by atoms with Crippen molar-refractivity contribution in [1.29, 1.82) is 0 Å². The van der Waals surface area contributed by atoms with Crippen LogP contribution in [0.2, 0.25) is 5.02 Å². The third-order valence-corrected chi connectivity index (χ3v) is 4.95. The standard InChI is InChI=1S/C18H14ClF3N4O4S/c1-26(8-14(27)23-10-4-5-12(19)11(7-10)18(20,21)22)15(28)9-31-17-25-24-16(30-17)13-3-2-6-29-13/h2-7H,8-9H2,1H3,(H,23,27). The van der Waals surface area contributed by atoms with E-state index in [1.807, 2.05) is 0 Å². The molecule has 13 heteroatoms. The molecule has 0 saturated carbocycles. The number of halogens is 4. The first-order valence-corrected chi connectivity index (χ1v) is 9.90. The van der Waals surface area contributed by atoms with E-state index in [1.165, 1.54) is 19.4 Å². The Hall–Kier alpha value is -2.99. The molecule has 1 aromatic carbocycles. The van der Waals surface area contributed by atoms with E-state index in [0.29, 0.717) is 5.76 Å². The maximum absolute atomic E-state index is 12.9. The number of aromatic nitrogens is 2. The molecule has 2 amide bonds. The fraction of sp³-hybridized carbons (Fsp3) is 0.222. The average Bonchev–Trinajstić information content (AvgIpc) is 3.38. The monoisotopic (exact) mass is 474 g/mol. The Bertz CT molecular complexity index is 1070. The molecule has 0 radical (unpaired) electrons. The largest absolute Gasteiger partial charge is 0.459 e. The Morgan fingerprint density at radius 3 is 2.71 bits per heavy atom. The smallest absolute Gasteiger partial charge is 0.417 e. The van der Waals surface area contributed by atoms with Crippen LogP contribution in [-0.2, 0) is 15.8 Å². The van der Waals surface area contributed by atoms with Crippen LogP contribution in [0, 0.1) is 0 Å². The predicted octanol–water partition coefficient (Wildman–Crippen LogP) is 4.19. The van der Waals surface area contributed by atoms with Crippen molar-refractivity contribution in [3.05, 3.63) is 47.2 Å². The van der Waals surface area contributed by atoms with Crippen LogP contribution in [0.4, 0.5) is 18.9 Å². The lowest BCUT2D eigenvalue weighted by atomic mass is 10.2. The van der Waals surface area contributed by atoms with Gasteiger partial charge in [0.1, 0.15) is 0 Å². The summed E-state index contributed by atoms with van der Waals surface area (Å²) in [7, 11) is 1.38. The SMILES string of the molecule is CN(CC(=O)Nc1ccc(Cl)c(C(F)(F)F)c1)C(=O)CSc1nnc(-c2ccco2)o1. The van der Waals surface area contributed by atoms with Gasteiger partial charge >= 0.3 is 6.18 Å². The summed E-state index contributed by atoms with van der Waals surface area (Å²) in [5, 5.41) is 9.55. The Morgan fingerprint density at radius 1 is 1.26 bits per heavy atom. The molecule has 0 aliphatic rings. The van der Waals surface area contributed by atoms with Crippen LogP contribution < -0.4 is 5.32 Å². The third-order valence-electron chi connectivity index (χ3n) is 3.82. The lowest BCUT2D eigenvalue weighted by Gasteiger charge is -2.17. The summed E-state index contributed by atoms with van der Waals surface area (Å²) in [6.45, 7) is -0.370. The molecule has 3 rings (SSSR count). The highest BCUT2D eigenvalue weighted by molar-refractivity contribution is 7.99. The second-order valence-corrected chi connectivity index (χ2v) is 7.46. The van der Waals surface area contributed by atoms with Gasteiger partial charge in [0.25, 0.3) is 11.1 Å². The zero-order chi connectivity index (χ0) is 22.6. The molecule has 2 aromatic heterocycles. The third kappa shape index (κ3) is 6.01. The molecule has 8 nitrogen and oxygen atoms in total. The minimum absolute atomic E-state index is 0.0896.